The van der Waals surface area contributed by atoms with Gasteiger partial charge in [-0.1, -0.05) is 54.9 Å². The van der Waals surface area contributed by atoms with Crippen LogP contribution in [0.15, 0.2) is 61.2 Å². The van der Waals surface area contributed by atoms with Gasteiger partial charge < -0.3 is 23.8 Å². The van der Waals surface area contributed by atoms with Gasteiger partial charge in [0, 0.05) is 41.7 Å². The van der Waals surface area contributed by atoms with E-state index in [9.17, 15) is 14.7 Å². The van der Waals surface area contributed by atoms with Crippen LogP contribution in [0.25, 0.3) is 0 Å². The molecule has 0 saturated carbocycles. The average molecular weight is 545 g/mol. The van der Waals surface area contributed by atoms with Crippen LogP contribution < -0.4 is 4.90 Å². The molecule has 1 fully saturated rings. The number of rotatable bonds is 9. The minimum atomic E-state index is -3.41. The predicted molar refractivity (Wildman–Crippen MR) is 146 cm³/mol. The molecule has 2 heterocycles. The SMILES string of the molecule is C=CCN1C(=O)[C@]2(O[C@H](CC(=O)N(CCO)Cc3ccccc3)[C@@H]([Si](C)(C)F)[C@@H]2C)c2cc(Cl)ccc21. The molecule has 0 aromatic heterocycles. The van der Waals surface area contributed by atoms with Gasteiger partial charge in [-0.3, -0.25) is 9.59 Å². The lowest BCUT2D eigenvalue weighted by Crippen LogP contribution is -2.45. The number of carbonyl (C=O) groups is 2. The third kappa shape index (κ3) is 5.00. The Morgan fingerprint density at radius 3 is 2.62 bits per heavy atom. The van der Waals surface area contributed by atoms with Crippen molar-refractivity contribution in [3.8, 4) is 0 Å². The Balaban J connectivity index is 1.70. The lowest BCUT2D eigenvalue weighted by molar-refractivity contribution is -0.149. The normalized spacial score (nSPS) is 25.0. The van der Waals surface area contributed by atoms with Crippen LogP contribution in [0.2, 0.25) is 23.7 Å². The molecule has 2 aromatic carbocycles. The maximum atomic E-state index is 15.9. The highest BCUT2D eigenvalue weighted by molar-refractivity contribution is 6.72. The first-order valence-corrected chi connectivity index (χ1v) is 15.9. The van der Waals surface area contributed by atoms with Crippen LogP contribution in [0.4, 0.5) is 9.80 Å². The molecular weight excluding hydrogens is 511 g/mol. The van der Waals surface area contributed by atoms with E-state index >= 15 is 4.11 Å². The molecule has 2 aliphatic heterocycles. The maximum absolute atomic E-state index is 15.9. The van der Waals surface area contributed by atoms with Crippen molar-refractivity contribution in [2.45, 2.75) is 50.2 Å². The van der Waals surface area contributed by atoms with Crippen LogP contribution in [-0.4, -0.2) is 56.0 Å². The first kappa shape index (κ1) is 27.5. The van der Waals surface area contributed by atoms with E-state index in [0.29, 0.717) is 22.8 Å². The van der Waals surface area contributed by atoms with Crippen LogP contribution in [0, 0.1) is 5.92 Å². The van der Waals surface area contributed by atoms with Crippen molar-refractivity contribution < 1.29 is 23.5 Å². The number of nitrogens with zero attached hydrogens (tertiary/aromatic N) is 2. The second-order valence-electron chi connectivity index (χ2n) is 10.4. The molecule has 1 N–H and O–H groups in total. The van der Waals surface area contributed by atoms with Crippen LogP contribution >= 0.6 is 11.6 Å². The molecule has 2 amide bonds. The predicted octanol–water partition coefficient (Wildman–Crippen LogP) is 5.06. The number of aliphatic hydroxyl groups is 1. The second kappa shape index (κ2) is 10.7. The summed E-state index contributed by atoms with van der Waals surface area (Å²) in [6, 6.07) is 14.7. The Hall–Kier alpha value is -2.52. The monoisotopic (exact) mass is 544 g/mol. The Labute approximate surface area is 223 Å². The van der Waals surface area contributed by atoms with E-state index in [-0.39, 0.29) is 37.9 Å². The first-order chi connectivity index (χ1) is 17.5. The molecule has 2 aromatic rings. The van der Waals surface area contributed by atoms with Crippen molar-refractivity contribution in [2.24, 2.45) is 5.92 Å². The summed E-state index contributed by atoms with van der Waals surface area (Å²) in [7, 11) is -3.41. The molecule has 9 heteroatoms. The molecule has 0 bridgehead atoms. The number of fused-ring (bicyclic) bond motifs is 2. The minimum Gasteiger partial charge on any atom is -0.395 e. The van der Waals surface area contributed by atoms with Crippen molar-refractivity contribution in [3.63, 3.8) is 0 Å². The molecule has 2 aliphatic rings. The van der Waals surface area contributed by atoms with Gasteiger partial charge in [0.25, 0.3) is 5.91 Å². The van der Waals surface area contributed by atoms with Gasteiger partial charge in [0.05, 0.1) is 24.8 Å². The summed E-state index contributed by atoms with van der Waals surface area (Å²) in [6.45, 7) is 9.37. The van der Waals surface area contributed by atoms with E-state index in [1.165, 1.54) is 0 Å². The zero-order chi connectivity index (χ0) is 27.0. The fourth-order valence-electron chi connectivity index (χ4n) is 6.05. The van der Waals surface area contributed by atoms with E-state index in [4.69, 9.17) is 16.3 Å². The van der Waals surface area contributed by atoms with Gasteiger partial charge in [0.2, 0.25) is 14.3 Å². The number of halogens is 2. The summed E-state index contributed by atoms with van der Waals surface area (Å²) in [6.07, 6.45) is 0.747. The lowest BCUT2D eigenvalue weighted by atomic mass is 9.82. The Morgan fingerprint density at radius 2 is 2.00 bits per heavy atom. The molecule has 1 saturated heterocycles. The van der Waals surface area contributed by atoms with Gasteiger partial charge in [-0.25, -0.2) is 0 Å². The molecule has 6 nitrogen and oxygen atoms in total. The highest BCUT2D eigenvalue weighted by Gasteiger charge is 2.66. The Morgan fingerprint density at radius 1 is 1.30 bits per heavy atom. The van der Waals surface area contributed by atoms with E-state index in [1.54, 1.807) is 47.2 Å². The van der Waals surface area contributed by atoms with Crippen LogP contribution in [0.3, 0.4) is 0 Å². The standard InChI is InChI=1S/C28H34ClFN2O4Si/c1-5-13-32-23-12-11-21(29)16-22(23)28(27(32)35)19(2)26(37(3,4)30)24(36-28)17-25(34)31(14-15-33)18-20-9-7-6-8-10-20/h5-12,16,19,24,26,33H,1,13-15,17-18H2,2-4H3/t19-,24+,26-,28+/m0/s1. The number of hydrogen-bond donors (Lipinski definition) is 1. The van der Waals surface area contributed by atoms with E-state index in [2.05, 4.69) is 6.58 Å². The molecule has 0 unspecified atom stereocenters. The Kier molecular flexibility index (Phi) is 7.95. The average Bonchev–Trinajstić information content (AvgIpc) is 3.26. The molecule has 4 rings (SSSR count). The summed E-state index contributed by atoms with van der Waals surface area (Å²) in [5, 5.41) is 10.1. The molecular formula is C28H34ClFN2O4Si. The van der Waals surface area contributed by atoms with Crippen molar-refractivity contribution in [1.82, 2.24) is 4.90 Å². The third-order valence-electron chi connectivity index (χ3n) is 7.55. The summed E-state index contributed by atoms with van der Waals surface area (Å²) in [5.74, 6) is -1.06. The van der Waals surface area contributed by atoms with Gasteiger partial charge in [0.15, 0.2) is 5.60 Å². The largest absolute Gasteiger partial charge is 0.395 e. The van der Waals surface area contributed by atoms with Gasteiger partial charge in [-0.2, -0.15) is 0 Å². The first-order valence-electron chi connectivity index (χ1n) is 12.6. The number of ether oxygens (including phenoxy) is 1. The molecule has 1 spiro atoms. The Bertz CT molecular complexity index is 1170. The lowest BCUT2D eigenvalue weighted by Gasteiger charge is -2.31. The second-order valence-corrected chi connectivity index (χ2v) is 14.6. The molecule has 0 radical (unpaired) electrons. The quantitative estimate of drug-likeness (QED) is 0.272. The molecule has 0 aliphatic carbocycles. The van der Waals surface area contributed by atoms with Gasteiger partial charge in [0.1, 0.15) is 0 Å². The minimum absolute atomic E-state index is 0.0887. The van der Waals surface area contributed by atoms with Crippen LogP contribution in [0.5, 0.6) is 0 Å². The smallest absolute Gasteiger partial charge is 0.264 e. The summed E-state index contributed by atoms with van der Waals surface area (Å²) >= 11 is 6.35. The van der Waals surface area contributed by atoms with Gasteiger partial charge >= 0.3 is 0 Å². The van der Waals surface area contributed by atoms with Crippen LogP contribution in [0.1, 0.15) is 24.5 Å². The molecule has 37 heavy (non-hydrogen) atoms. The van der Waals surface area contributed by atoms with E-state index in [0.717, 1.165) is 5.56 Å². The van der Waals surface area contributed by atoms with Gasteiger partial charge in [-0.05, 0) is 36.9 Å². The van der Waals surface area contributed by atoms with Crippen molar-refractivity contribution >= 4 is 37.5 Å². The van der Waals surface area contributed by atoms with Crippen LogP contribution in [-0.2, 0) is 26.5 Å². The van der Waals surface area contributed by atoms with Gasteiger partial charge in [-0.15, -0.1) is 6.58 Å². The zero-order valence-corrected chi connectivity index (χ0v) is 23.2. The molecule has 4 atom stereocenters. The topological polar surface area (TPSA) is 70.1 Å². The summed E-state index contributed by atoms with van der Waals surface area (Å²) in [5.41, 5.74) is 0.151. The van der Waals surface area contributed by atoms with Crippen molar-refractivity contribution in [1.29, 1.82) is 0 Å². The summed E-state index contributed by atoms with van der Waals surface area (Å²) in [4.78, 5) is 30.6. The number of benzene rings is 2. The van der Waals surface area contributed by atoms with Crippen molar-refractivity contribution in [3.05, 3.63) is 77.3 Å². The third-order valence-corrected chi connectivity index (χ3v) is 10.2. The van der Waals surface area contributed by atoms with Crippen molar-refractivity contribution in [2.75, 3.05) is 24.6 Å². The highest BCUT2D eigenvalue weighted by atomic mass is 35.5. The van der Waals surface area contributed by atoms with E-state index < -0.39 is 31.6 Å². The number of carbonyl (C=O) groups excluding carboxylic acids is 2. The van der Waals surface area contributed by atoms with E-state index in [1.807, 2.05) is 37.3 Å². The summed E-state index contributed by atoms with van der Waals surface area (Å²) < 4.78 is 22.5. The number of anilines is 1. The number of hydrogen-bond acceptors (Lipinski definition) is 4. The fourth-order valence-corrected chi connectivity index (χ4v) is 8.71. The fraction of sp³-hybridized carbons (Fsp3) is 0.429. The number of aliphatic hydroxyl groups excluding tert-OH is 1. The number of amides is 2. The maximum Gasteiger partial charge on any atom is 0.264 e. The zero-order valence-electron chi connectivity index (χ0n) is 21.5. The molecule has 198 valence electrons. The highest BCUT2D eigenvalue weighted by Crippen LogP contribution is 2.60.